The average molecular weight is 690 g/mol. The van der Waals surface area contributed by atoms with Gasteiger partial charge in [0.05, 0.1) is 37.2 Å². The second kappa shape index (κ2) is 15.6. The highest BCUT2D eigenvalue weighted by atomic mass is 16.5. The van der Waals surface area contributed by atoms with Crippen LogP contribution >= 0.6 is 0 Å². The van der Waals surface area contributed by atoms with E-state index in [-0.39, 0.29) is 48.1 Å². The summed E-state index contributed by atoms with van der Waals surface area (Å²) in [6.45, 7) is 8.74. The van der Waals surface area contributed by atoms with E-state index >= 15 is 0 Å². The van der Waals surface area contributed by atoms with Crippen LogP contribution in [0.5, 0.6) is 0 Å². The first kappa shape index (κ1) is 36.1. The summed E-state index contributed by atoms with van der Waals surface area (Å²) in [7, 11) is 2.53. The molecule has 3 heterocycles. The van der Waals surface area contributed by atoms with Crippen molar-refractivity contribution in [3.63, 3.8) is 0 Å². The summed E-state index contributed by atoms with van der Waals surface area (Å²) in [5, 5.41) is 8.25. The highest BCUT2D eigenvalue weighted by Gasteiger charge is 2.38. The Bertz CT molecular complexity index is 1720. The number of rotatable bonds is 10. The number of amides is 5. The van der Waals surface area contributed by atoms with E-state index in [1.165, 1.54) is 14.2 Å². The number of nitrogens with one attached hydrogen (secondary N) is 4. The van der Waals surface area contributed by atoms with E-state index < -0.39 is 24.3 Å². The van der Waals surface area contributed by atoms with E-state index in [1.54, 1.807) is 9.80 Å². The molecule has 2 aromatic carbocycles. The number of benzene rings is 2. The summed E-state index contributed by atoms with van der Waals surface area (Å²) in [6.07, 6.45) is 0.809. The molecule has 5 amide bonds. The maximum atomic E-state index is 13.5. The van der Waals surface area contributed by atoms with Gasteiger partial charge in [-0.2, -0.15) is 0 Å². The smallest absolute Gasteiger partial charge is 0.407 e. The normalized spacial score (nSPS) is 18.6. The fourth-order valence-electron chi connectivity index (χ4n) is 6.62. The van der Waals surface area contributed by atoms with Gasteiger partial charge in [-0.1, -0.05) is 45.9 Å². The molecule has 0 spiro atoms. The lowest BCUT2D eigenvalue weighted by Gasteiger charge is -2.29. The lowest BCUT2D eigenvalue weighted by Crippen LogP contribution is -2.51. The summed E-state index contributed by atoms with van der Waals surface area (Å²) in [4.78, 5) is 75.1. The second-order valence-electron chi connectivity index (χ2n) is 13.6. The van der Waals surface area contributed by atoms with Crippen molar-refractivity contribution in [2.75, 3.05) is 39.2 Å². The van der Waals surface area contributed by atoms with Gasteiger partial charge in [0.25, 0.3) is 0 Å². The lowest BCUT2D eigenvalue weighted by molar-refractivity contribution is -0.135. The van der Waals surface area contributed by atoms with Crippen molar-refractivity contribution in [1.29, 1.82) is 0 Å². The molecule has 14 nitrogen and oxygen atoms in total. The topological polar surface area (TPSA) is 175 Å². The van der Waals surface area contributed by atoms with Gasteiger partial charge in [0.2, 0.25) is 17.7 Å². The van der Waals surface area contributed by atoms with Crippen LogP contribution < -0.4 is 16.0 Å². The Morgan fingerprint density at radius 2 is 1.44 bits per heavy atom. The molecular weight excluding hydrogens is 642 g/mol. The highest BCUT2D eigenvalue weighted by Crippen LogP contribution is 2.34. The van der Waals surface area contributed by atoms with Gasteiger partial charge < -0.3 is 40.2 Å². The molecule has 3 aromatic rings. The van der Waals surface area contributed by atoms with Gasteiger partial charge in [-0.25, -0.2) is 14.6 Å². The Morgan fingerprint density at radius 1 is 0.820 bits per heavy atom. The van der Waals surface area contributed by atoms with E-state index in [9.17, 15) is 24.0 Å². The van der Waals surface area contributed by atoms with Crippen LogP contribution in [0.1, 0.15) is 58.8 Å². The number of nitrogens with zero attached hydrogens (tertiary/aromatic N) is 3. The summed E-state index contributed by atoms with van der Waals surface area (Å²) >= 11 is 0. The Labute approximate surface area is 291 Å². The molecule has 4 N–H and O–H groups in total. The first-order valence-electron chi connectivity index (χ1n) is 17.1. The van der Waals surface area contributed by atoms with Crippen molar-refractivity contribution in [1.82, 2.24) is 30.4 Å². The molecule has 5 rings (SSSR count). The van der Waals surface area contributed by atoms with Crippen LogP contribution in [0.15, 0.2) is 42.5 Å². The fourth-order valence-corrected chi connectivity index (χ4v) is 6.62. The van der Waals surface area contributed by atoms with Crippen LogP contribution in [-0.4, -0.2) is 95.6 Å². The largest absolute Gasteiger partial charge is 0.453 e. The Morgan fingerprint density at radius 3 is 2.06 bits per heavy atom. The van der Waals surface area contributed by atoms with Crippen LogP contribution in [-0.2, 0) is 23.9 Å². The number of carbonyl (C=O) groups is 5. The van der Waals surface area contributed by atoms with Gasteiger partial charge >= 0.3 is 12.2 Å². The zero-order valence-corrected chi connectivity index (χ0v) is 29.4. The number of anilines is 1. The number of likely N-dealkylation sites (tertiary alicyclic amines) is 2. The summed E-state index contributed by atoms with van der Waals surface area (Å²) in [5.41, 5.74) is 4.15. The molecule has 0 aliphatic carbocycles. The predicted molar refractivity (Wildman–Crippen MR) is 187 cm³/mol. The first-order chi connectivity index (χ1) is 23.9. The van der Waals surface area contributed by atoms with Crippen molar-refractivity contribution in [3.8, 4) is 11.1 Å². The maximum Gasteiger partial charge on any atom is 0.407 e. The van der Waals surface area contributed by atoms with Crippen molar-refractivity contribution in [2.45, 2.75) is 65.1 Å². The second-order valence-corrected chi connectivity index (χ2v) is 13.6. The van der Waals surface area contributed by atoms with Crippen LogP contribution in [0.3, 0.4) is 0 Å². The minimum absolute atomic E-state index is 0.120. The molecule has 4 atom stereocenters. The molecule has 0 saturated carbocycles. The van der Waals surface area contributed by atoms with Gasteiger partial charge in [0.1, 0.15) is 17.9 Å². The SMILES string of the molecule is COC(=O)N[C@H](C(=O)N1CCC(C(=O)Nc2ccc(-c3ccc4[nH]c([C@@H]5CCCN5C(=O)[C@@H](NC(=O)OC)C(C)C)nc4c3)cc2)C1)C(C)C. The fraction of sp³-hybridized carbons (Fsp3) is 0.500. The first-order valence-corrected chi connectivity index (χ1v) is 17.1. The third kappa shape index (κ3) is 8.01. The number of H-pyrrole nitrogens is 1. The maximum absolute atomic E-state index is 13.5. The molecule has 2 aliphatic rings. The zero-order chi connectivity index (χ0) is 36.1. The number of hydrogen-bond donors (Lipinski definition) is 4. The van der Waals surface area contributed by atoms with Crippen LogP contribution in [0.2, 0.25) is 0 Å². The quantitative estimate of drug-likeness (QED) is 0.242. The minimum Gasteiger partial charge on any atom is -0.453 e. The number of imidazole rings is 1. The molecule has 1 unspecified atom stereocenters. The number of alkyl carbamates (subject to hydrolysis) is 2. The molecular formula is C36H47N7O7. The molecule has 268 valence electrons. The van der Waals surface area contributed by atoms with Crippen LogP contribution in [0.4, 0.5) is 15.3 Å². The standard InChI is InChI=1S/C36H47N7O7/c1-20(2)29(40-35(47)49-5)33(45)42-17-15-24(19-42)32(44)37-25-12-9-22(10-13-25)23-11-14-26-27(18-23)39-31(38-26)28-8-7-16-43(28)34(46)30(21(3)4)41-36(48)50-6/h9-14,18,20-21,24,28-30H,7-8,15-17,19H2,1-6H3,(H,37,44)(H,38,39)(H,40,47)(H,41,48)/t24?,28-,29-,30-/m0/s1. The minimum atomic E-state index is -0.731. The predicted octanol–water partition coefficient (Wildman–Crippen LogP) is 4.44. The number of aromatic amines is 1. The monoisotopic (exact) mass is 689 g/mol. The molecule has 50 heavy (non-hydrogen) atoms. The van der Waals surface area contributed by atoms with Gasteiger partial charge in [0.15, 0.2) is 0 Å². The molecule has 2 fully saturated rings. The number of aromatic nitrogens is 2. The summed E-state index contributed by atoms with van der Waals surface area (Å²) < 4.78 is 9.41. The van der Waals surface area contributed by atoms with Crippen LogP contribution in [0.25, 0.3) is 22.2 Å². The van der Waals surface area contributed by atoms with Crippen molar-refractivity contribution < 1.29 is 33.4 Å². The Balaban J connectivity index is 1.22. The number of methoxy groups -OCH3 is 2. The third-order valence-corrected chi connectivity index (χ3v) is 9.49. The van der Waals surface area contributed by atoms with Crippen molar-refractivity contribution in [2.24, 2.45) is 17.8 Å². The van der Waals surface area contributed by atoms with E-state index in [2.05, 4.69) is 25.7 Å². The Kier molecular flexibility index (Phi) is 11.3. The van der Waals surface area contributed by atoms with Crippen molar-refractivity contribution >= 4 is 46.6 Å². The Hall–Kier alpha value is -5.14. The summed E-state index contributed by atoms with van der Waals surface area (Å²) in [5.74, 6) is -0.481. The van der Waals surface area contributed by atoms with Crippen LogP contribution in [0, 0.1) is 17.8 Å². The molecule has 0 bridgehead atoms. The van der Waals surface area contributed by atoms with Gasteiger partial charge in [-0.05, 0) is 66.5 Å². The van der Waals surface area contributed by atoms with E-state index in [1.807, 2.05) is 70.2 Å². The lowest BCUT2D eigenvalue weighted by atomic mass is 10.0. The van der Waals surface area contributed by atoms with Gasteiger partial charge in [0, 0.05) is 25.3 Å². The van der Waals surface area contributed by atoms with E-state index in [0.717, 1.165) is 35.0 Å². The van der Waals surface area contributed by atoms with E-state index in [0.29, 0.717) is 31.0 Å². The molecule has 2 aliphatic heterocycles. The number of fused-ring (bicyclic) bond motifs is 1. The number of hydrogen-bond acceptors (Lipinski definition) is 8. The molecule has 1 aromatic heterocycles. The van der Waals surface area contributed by atoms with Gasteiger partial charge in [-0.3, -0.25) is 14.4 Å². The number of carbonyl (C=O) groups excluding carboxylic acids is 5. The zero-order valence-electron chi connectivity index (χ0n) is 29.4. The van der Waals surface area contributed by atoms with Gasteiger partial charge in [-0.15, -0.1) is 0 Å². The average Bonchev–Trinajstić information content (AvgIpc) is 3.88. The molecule has 2 saturated heterocycles. The summed E-state index contributed by atoms with van der Waals surface area (Å²) in [6, 6.07) is 11.8. The third-order valence-electron chi connectivity index (χ3n) is 9.49. The molecule has 0 radical (unpaired) electrons. The van der Waals surface area contributed by atoms with Crippen molar-refractivity contribution in [3.05, 3.63) is 48.3 Å². The number of ether oxygens (including phenoxy) is 2. The highest BCUT2D eigenvalue weighted by molar-refractivity contribution is 5.94. The molecule has 14 heteroatoms. The van der Waals surface area contributed by atoms with E-state index in [4.69, 9.17) is 9.72 Å².